The van der Waals surface area contributed by atoms with Crippen molar-refractivity contribution in [3.63, 3.8) is 0 Å². The van der Waals surface area contributed by atoms with Crippen LogP contribution in [0, 0.1) is 0 Å². The van der Waals surface area contributed by atoms with Crippen LogP contribution in [0.2, 0.25) is 0 Å². The van der Waals surface area contributed by atoms with E-state index in [1.807, 2.05) is 13.0 Å². The molecule has 2 aliphatic heterocycles. The number of amides is 1. The van der Waals surface area contributed by atoms with Crippen molar-refractivity contribution >= 4 is 24.2 Å². The topological polar surface area (TPSA) is 103 Å². The van der Waals surface area contributed by atoms with Crippen molar-refractivity contribution < 1.29 is 19.1 Å². The second kappa shape index (κ2) is 18.0. The molecule has 1 fully saturated rings. The van der Waals surface area contributed by atoms with Gasteiger partial charge in [-0.1, -0.05) is 31.2 Å². The first kappa shape index (κ1) is 32.0. The maximum atomic E-state index is 12.6. The van der Waals surface area contributed by atoms with Crippen molar-refractivity contribution in [3.05, 3.63) is 76.6 Å². The predicted octanol–water partition coefficient (Wildman–Crippen LogP) is 3.38. The Hall–Kier alpha value is -3.53. The van der Waals surface area contributed by atoms with Crippen molar-refractivity contribution in [2.75, 3.05) is 50.8 Å². The maximum absolute atomic E-state index is 12.6. The maximum Gasteiger partial charge on any atom is 0.221 e. The number of aldehydes is 1. The smallest absolute Gasteiger partial charge is 0.221 e. The molecule has 9 nitrogen and oxygen atoms in total. The summed E-state index contributed by atoms with van der Waals surface area (Å²) in [4.78, 5) is 36.9. The highest BCUT2D eigenvalue weighted by atomic mass is 16.5. The minimum absolute atomic E-state index is 0.143. The van der Waals surface area contributed by atoms with E-state index in [1.165, 1.54) is 18.1 Å². The molecule has 1 amide bonds. The van der Waals surface area contributed by atoms with Crippen molar-refractivity contribution in [3.8, 4) is 0 Å². The number of carbonyl (C=O) groups is 3. The third kappa shape index (κ3) is 10.8. The van der Waals surface area contributed by atoms with E-state index in [-0.39, 0.29) is 5.78 Å². The first-order chi connectivity index (χ1) is 20.1. The summed E-state index contributed by atoms with van der Waals surface area (Å²) in [7, 11) is 0. The molecule has 41 heavy (non-hydrogen) atoms. The number of hydrazine groups is 1. The average molecular weight is 564 g/mol. The van der Waals surface area contributed by atoms with Crippen LogP contribution in [-0.2, 0) is 33.8 Å². The Labute approximate surface area is 244 Å². The molecule has 0 bridgehead atoms. The number of ether oxygens (including phenoxy) is 1. The molecule has 1 saturated heterocycles. The highest BCUT2D eigenvalue weighted by Crippen LogP contribution is 2.23. The van der Waals surface area contributed by atoms with Crippen LogP contribution in [0.25, 0.3) is 0 Å². The Bertz CT molecular complexity index is 1130. The number of benzene rings is 2. The van der Waals surface area contributed by atoms with Crippen LogP contribution >= 0.6 is 0 Å². The van der Waals surface area contributed by atoms with Gasteiger partial charge in [0, 0.05) is 63.4 Å². The van der Waals surface area contributed by atoms with E-state index in [2.05, 4.69) is 68.4 Å². The number of carbonyl (C=O) groups excluding carboxylic acids is 3. The highest BCUT2D eigenvalue weighted by Gasteiger charge is 2.19. The SMILES string of the molecule is CC=O.CCCC(=O)c1ccc(N2CCN(Cc3ccc(CCOC4=CCCNC4)cc3)CC2)cc1CNNC=O. The first-order valence-corrected chi connectivity index (χ1v) is 14.6. The van der Waals surface area contributed by atoms with Gasteiger partial charge in [-0.15, -0.1) is 0 Å². The van der Waals surface area contributed by atoms with Gasteiger partial charge in [0.2, 0.25) is 6.41 Å². The molecule has 222 valence electrons. The van der Waals surface area contributed by atoms with E-state index in [1.54, 1.807) is 0 Å². The Balaban J connectivity index is 0.00000147. The van der Waals surface area contributed by atoms with Gasteiger partial charge in [0.05, 0.1) is 13.2 Å². The van der Waals surface area contributed by atoms with Crippen LogP contribution in [-0.4, -0.2) is 69.3 Å². The van der Waals surface area contributed by atoms with Gasteiger partial charge in [-0.05, 0) is 67.3 Å². The summed E-state index contributed by atoms with van der Waals surface area (Å²) in [5, 5.41) is 3.34. The lowest BCUT2D eigenvalue weighted by Gasteiger charge is -2.36. The minimum atomic E-state index is 0.143. The average Bonchev–Trinajstić information content (AvgIpc) is 3.00. The summed E-state index contributed by atoms with van der Waals surface area (Å²) in [5.74, 6) is 1.21. The molecule has 0 unspecified atom stereocenters. The molecule has 0 radical (unpaired) electrons. The van der Waals surface area contributed by atoms with Crippen molar-refractivity contribution in [2.45, 2.75) is 52.6 Å². The highest BCUT2D eigenvalue weighted by molar-refractivity contribution is 5.97. The standard InChI is InChI=1S/C30H41N5O3.C2H4O/c1-2-4-30(37)29-11-10-27(19-26(29)20-32-33-23-36)35-16-14-34(15-17-35)22-25-8-6-24(7-9-25)12-18-38-28-5-3-13-31-21-28;1-2-3/h5-11,19,23,31-32H,2-4,12-18,20-22H2,1H3,(H,33,36);2H,1H3. The Kier molecular flexibility index (Phi) is 14.1. The fraction of sp³-hybridized carbons (Fsp3) is 0.469. The largest absolute Gasteiger partial charge is 0.497 e. The van der Waals surface area contributed by atoms with E-state index < -0.39 is 0 Å². The summed E-state index contributed by atoms with van der Waals surface area (Å²) in [5.41, 5.74) is 10.7. The zero-order chi connectivity index (χ0) is 29.3. The van der Waals surface area contributed by atoms with Gasteiger partial charge in [0.1, 0.15) is 12.0 Å². The molecule has 0 aromatic heterocycles. The summed E-state index contributed by atoms with van der Waals surface area (Å²) >= 11 is 0. The third-order valence-corrected chi connectivity index (χ3v) is 7.14. The fourth-order valence-electron chi connectivity index (χ4n) is 5.01. The van der Waals surface area contributed by atoms with Crippen LogP contribution in [0.3, 0.4) is 0 Å². The molecular weight excluding hydrogens is 518 g/mol. The molecule has 0 aliphatic carbocycles. The number of piperazine rings is 1. The summed E-state index contributed by atoms with van der Waals surface area (Å²) < 4.78 is 5.89. The summed E-state index contributed by atoms with van der Waals surface area (Å²) in [6.07, 6.45) is 6.84. The van der Waals surface area contributed by atoms with Gasteiger partial charge < -0.3 is 19.7 Å². The fourth-order valence-corrected chi connectivity index (χ4v) is 5.01. The molecule has 2 aromatic rings. The first-order valence-electron chi connectivity index (χ1n) is 14.6. The van der Waals surface area contributed by atoms with E-state index in [9.17, 15) is 9.59 Å². The van der Waals surface area contributed by atoms with Crippen LogP contribution in [0.15, 0.2) is 54.3 Å². The molecule has 0 saturated carbocycles. The predicted molar refractivity (Wildman–Crippen MR) is 163 cm³/mol. The Morgan fingerprint density at radius 3 is 2.44 bits per heavy atom. The van der Waals surface area contributed by atoms with E-state index in [4.69, 9.17) is 9.53 Å². The van der Waals surface area contributed by atoms with Gasteiger partial charge in [0.15, 0.2) is 5.78 Å². The number of hydrogen-bond acceptors (Lipinski definition) is 8. The zero-order valence-corrected chi connectivity index (χ0v) is 24.5. The number of rotatable bonds is 14. The molecule has 9 heteroatoms. The quantitative estimate of drug-likeness (QED) is 0.139. The van der Waals surface area contributed by atoms with Crippen LogP contribution in [0.4, 0.5) is 5.69 Å². The molecule has 4 rings (SSSR count). The number of nitrogens with one attached hydrogen (secondary N) is 3. The van der Waals surface area contributed by atoms with Gasteiger partial charge in [-0.3, -0.25) is 19.9 Å². The second-order valence-electron chi connectivity index (χ2n) is 10.2. The molecule has 3 N–H and O–H groups in total. The van der Waals surface area contributed by atoms with E-state index >= 15 is 0 Å². The molecular formula is C32H45N5O4. The number of Topliss-reactive ketones (excluding diaryl/α,β-unsaturated/α-hetero) is 1. The minimum Gasteiger partial charge on any atom is -0.497 e. The van der Waals surface area contributed by atoms with Gasteiger partial charge in [-0.2, -0.15) is 0 Å². The number of nitrogens with zero attached hydrogens (tertiary/aromatic N) is 2. The van der Waals surface area contributed by atoms with Gasteiger partial charge in [0.25, 0.3) is 0 Å². The lowest BCUT2D eigenvalue weighted by atomic mass is 9.99. The molecule has 0 spiro atoms. The van der Waals surface area contributed by atoms with Crippen molar-refractivity contribution in [2.24, 2.45) is 0 Å². The Morgan fingerprint density at radius 2 is 1.78 bits per heavy atom. The molecule has 2 aromatic carbocycles. The molecule has 2 heterocycles. The lowest BCUT2D eigenvalue weighted by molar-refractivity contribution is -0.110. The van der Waals surface area contributed by atoms with Crippen LogP contribution in [0.5, 0.6) is 0 Å². The zero-order valence-electron chi connectivity index (χ0n) is 24.5. The van der Waals surface area contributed by atoms with Crippen molar-refractivity contribution in [1.29, 1.82) is 0 Å². The third-order valence-electron chi connectivity index (χ3n) is 7.14. The van der Waals surface area contributed by atoms with Crippen LogP contribution in [0.1, 0.15) is 60.2 Å². The van der Waals surface area contributed by atoms with Gasteiger partial charge in [-0.25, -0.2) is 5.43 Å². The monoisotopic (exact) mass is 563 g/mol. The van der Waals surface area contributed by atoms with Crippen molar-refractivity contribution in [1.82, 2.24) is 21.1 Å². The van der Waals surface area contributed by atoms with Crippen LogP contribution < -0.4 is 21.1 Å². The molecule has 2 aliphatic rings. The molecule has 0 atom stereocenters. The van der Waals surface area contributed by atoms with Gasteiger partial charge >= 0.3 is 0 Å². The normalized spacial score (nSPS) is 15.3. The van der Waals surface area contributed by atoms with E-state index in [0.29, 0.717) is 26.0 Å². The summed E-state index contributed by atoms with van der Waals surface area (Å²) in [6.45, 7) is 11.2. The number of hydrogen-bond donors (Lipinski definition) is 3. The number of ketones is 1. The Morgan fingerprint density at radius 1 is 1.05 bits per heavy atom. The second-order valence-corrected chi connectivity index (χ2v) is 10.2. The number of anilines is 1. The summed E-state index contributed by atoms with van der Waals surface area (Å²) in [6, 6.07) is 15.0. The lowest BCUT2D eigenvalue weighted by Crippen LogP contribution is -2.46. The van der Waals surface area contributed by atoms with E-state index in [0.717, 1.165) is 93.9 Å².